The minimum atomic E-state index is -0.222. The number of allylic oxidation sites excluding steroid dienone is 2. The van der Waals surface area contributed by atoms with Crippen LogP contribution in [0.15, 0.2) is 23.8 Å². The van der Waals surface area contributed by atoms with Crippen LogP contribution in [0.3, 0.4) is 0 Å². The minimum absolute atomic E-state index is 0.108. The topological polar surface area (TPSA) is 43.1 Å². The van der Waals surface area contributed by atoms with Crippen LogP contribution in [0.25, 0.3) is 0 Å². The molecule has 1 aliphatic carbocycles. The van der Waals surface area contributed by atoms with Crippen molar-refractivity contribution in [2.45, 2.75) is 32.6 Å². The molecule has 0 saturated carbocycles. The van der Waals surface area contributed by atoms with Crippen molar-refractivity contribution in [1.29, 1.82) is 0 Å². The number of carbonyl (C=O) groups excluding carboxylic acids is 1. The summed E-state index contributed by atoms with van der Waals surface area (Å²) in [6, 6.07) is 0. The molecule has 0 radical (unpaired) electrons. The molecule has 0 saturated heterocycles. The molecule has 0 bridgehead atoms. The first-order valence-corrected chi connectivity index (χ1v) is 4.74. The molecule has 2 N–H and O–H groups in total. The Bertz CT molecular complexity index is 253. The molecule has 13 heavy (non-hydrogen) atoms. The average molecular weight is 179 g/mol. The molecule has 0 aliphatic heterocycles. The van der Waals surface area contributed by atoms with Crippen LogP contribution in [0.2, 0.25) is 0 Å². The number of nitrogens with two attached hydrogens (primary N) is 1. The van der Waals surface area contributed by atoms with E-state index in [9.17, 15) is 4.79 Å². The molecule has 0 aromatic rings. The standard InChI is InChI=1S/C11H17NO/c1-8-4-3-5-9(2)10(7-6-8)11(12)13/h4,10H,2-3,5-7H2,1H3,(H2,12,13)/b8-4-/t10-/m0/s1. The Kier molecular flexibility index (Phi) is 3.29. The van der Waals surface area contributed by atoms with Gasteiger partial charge in [-0.15, -0.1) is 0 Å². The molecule has 1 atom stereocenters. The molecule has 1 rings (SSSR count). The van der Waals surface area contributed by atoms with Gasteiger partial charge in [-0.2, -0.15) is 0 Å². The maximum absolute atomic E-state index is 11.1. The lowest BCUT2D eigenvalue weighted by molar-refractivity contribution is -0.120. The molecule has 72 valence electrons. The fourth-order valence-electron chi connectivity index (χ4n) is 1.70. The van der Waals surface area contributed by atoms with Gasteiger partial charge in [-0.1, -0.05) is 23.8 Å². The highest BCUT2D eigenvalue weighted by atomic mass is 16.1. The lowest BCUT2D eigenvalue weighted by Crippen LogP contribution is -2.25. The number of amides is 1. The number of carbonyl (C=O) groups is 1. The Morgan fingerprint density at radius 2 is 2.31 bits per heavy atom. The molecule has 0 aromatic carbocycles. The summed E-state index contributed by atoms with van der Waals surface area (Å²) in [7, 11) is 0. The number of hydrogen-bond acceptors (Lipinski definition) is 1. The Labute approximate surface area is 79.5 Å². The van der Waals surface area contributed by atoms with Gasteiger partial charge in [0.2, 0.25) is 5.91 Å². The van der Waals surface area contributed by atoms with Crippen LogP contribution >= 0.6 is 0 Å². The largest absolute Gasteiger partial charge is 0.369 e. The van der Waals surface area contributed by atoms with Crippen molar-refractivity contribution in [2.75, 3.05) is 0 Å². The predicted molar refractivity (Wildman–Crippen MR) is 54.0 cm³/mol. The van der Waals surface area contributed by atoms with Crippen molar-refractivity contribution < 1.29 is 4.79 Å². The van der Waals surface area contributed by atoms with Crippen molar-refractivity contribution in [2.24, 2.45) is 11.7 Å². The Hall–Kier alpha value is -1.05. The van der Waals surface area contributed by atoms with Gasteiger partial charge in [-0.25, -0.2) is 0 Å². The predicted octanol–water partition coefficient (Wildman–Crippen LogP) is 2.16. The van der Waals surface area contributed by atoms with Gasteiger partial charge in [0.1, 0.15) is 0 Å². The van der Waals surface area contributed by atoms with Crippen LogP contribution in [-0.4, -0.2) is 5.91 Å². The Morgan fingerprint density at radius 3 is 2.92 bits per heavy atom. The zero-order chi connectivity index (χ0) is 9.84. The fourth-order valence-corrected chi connectivity index (χ4v) is 1.70. The Morgan fingerprint density at radius 1 is 1.62 bits per heavy atom. The second kappa shape index (κ2) is 4.26. The summed E-state index contributed by atoms with van der Waals surface area (Å²) in [5.41, 5.74) is 7.66. The zero-order valence-electron chi connectivity index (χ0n) is 8.18. The quantitative estimate of drug-likeness (QED) is 0.616. The van der Waals surface area contributed by atoms with Gasteiger partial charge in [0.15, 0.2) is 0 Å². The third kappa shape index (κ3) is 2.72. The molecule has 1 aliphatic rings. The van der Waals surface area contributed by atoms with Crippen molar-refractivity contribution in [3.63, 3.8) is 0 Å². The van der Waals surface area contributed by atoms with Gasteiger partial charge < -0.3 is 5.73 Å². The van der Waals surface area contributed by atoms with Crippen LogP contribution in [0.5, 0.6) is 0 Å². The van der Waals surface area contributed by atoms with Gasteiger partial charge in [0.05, 0.1) is 5.92 Å². The maximum atomic E-state index is 11.1. The lowest BCUT2D eigenvalue weighted by Gasteiger charge is -2.18. The highest BCUT2D eigenvalue weighted by Gasteiger charge is 2.19. The molecule has 2 heteroatoms. The smallest absolute Gasteiger partial charge is 0.224 e. The first-order chi connectivity index (χ1) is 6.11. The molecular weight excluding hydrogens is 162 g/mol. The fraction of sp³-hybridized carbons (Fsp3) is 0.545. The highest BCUT2D eigenvalue weighted by Crippen LogP contribution is 2.25. The van der Waals surface area contributed by atoms with E-state index in [1.807, 2.05) is 0 Å². The van der Waals surface area contributed by atoms with E-state index in [1.54, 1.807) is 0 Å². The van der Waals surface area contributed by atoms with Crippen LogP contribution in [0.1, 0.15) is 32.6 Å². The summed E-state index contributed by atoms with van der Waals surface area (Å²) >= 11 is 0. The third-order valence-corrected chi connectivity index (χ3v) is 2.62. The number of primary amides is 1. The summed E-state index contributed by atoms with van der Waals surface area (Å²) in [6.07, 6.45) is 5.91. The van der Waals surface area contributed by atoms with Crippen molar-refractivity contribution >= 4 is 5.91 Å². The Balaban J connectivity index is 2.70. The van der Waals surface area contributed by atoms with Gasteiger partial charge >= 0.3 is 0 Å². The molecular formula is C11H17NO. The molecule has 0 fully saturated rings. The summed E-state index contributed by atoms with van der Waals surface area (Å²) in [6.45, 7) is 6.02. The van der Waals surface area contributed by atoms with E-state index in [-0.39, 0.29) is 11.8 Å². The van der Waals surface area contributed by atoms with E-state index in [0.717, 1.165) is 31.3 Å². The summed E-state index contributed by atoms with van der Waals surface area (Å²) < 4.78 is 0. The lowest BCUT2D eigenvalue weighted by atomic mass is 9.87. The van der Waals surface area contributed by atoms with E-state index in [2.05, 4.69) is 19.6 Å². The van der Waals surface area contributed by atoms with Gasteiger partial charge in [-0.3, -0.25) is 4.79 Å². The second-order valence-corrected chi connectivity index (χ2v) is 3.74. The van der Waals surface area contributed by atoms with E-state index in [0.29, 0.717) is 0 Å². The van der Waals surface area contributed by atoms with Crippen LogP contribution in [0, 0.1) is 5.92 Å². The molecule has 0 heterocycles. The molecule has 0 spiro atoms. The summed E-state index contributed by atoms with van der Waals surface area (Å²) in [5.74, 6) is -0.330. The van der Waals surface area contributed by atoms with Gasteiger partial charge in [0.25, 0.3) is 0 Å². The SMILES string of the molecule is C=C1CC/C=C(/C)CC[C@@H]1C(N)=O. The van der Waals surface area contributed by atoms with Crippen LogP contribution < -0.4 is 5.73 Å². The first kappa shape index (κ1) is 10.0. The van der Waals surface area contributed by atoms with E-state index in [1.165, 1.54) is 5.57 Å². The number of hydrogen-bond donors (Lipinski definition) is 1. The molecule has 0 unspecified atom stereocenters. The van der Waals surface area contributed by atoms with Crippen molar-refractivity contribution in [3.05, 3.63) is 23.8 Å². The van der Waals surface area contributed by atoms with Crippen molar-refractivity contribution in [3.8, 4) is 0 Å². The normalized spacial score (nSPS) is 28.5. The van der Waals surface area contributed by atoms with E-state index in [4.69, 9.17) is 5.73 Å². The number of rotatable bonds is 1. The minimum Gasteiger partial charge on any atom is -0.369 e. The van der Waals surface area contributed by atoms with E-state index < -0.39 is 0 Å². The van der Waals surface area contributed by atoms with Crippen LogP contribution in [-0.2, 0) is 4.79 Å². The summed E-state index contributed by atoms with van der Waals surface area (Å²) in [4.78, 5) is 11.1. The maximum Gasteiger partial charge on any atom is 0.224 e. The molecule has 0 aromatic heterocycles. The molecule has 1 amide bonds. The summed E-state index contributed by atoms with van der Waals surface area (Å²) in [5, 5.41) is 0. The third-order valence-electron chi connectivity index (χ3n) is 2.62. The molecule has 2 nitrogen and oxygen atoms in total. The van der Waals surface area contributed by atoms with E-state index >= 15 is 0 Å². The average Bonchev–Trinajstić information content (AvgIpc) is 2.01. The highest BCUT2D eigenvalue weighted by molar-refractivity contribution is 5.79. The zero-order valence-corrected chi connectivity index (χ0v) is 8.18. The first-order valence-electron chi connectivity index (χ1n) is 4.74. The van der Waals surface area contributed by atoms with Gasteiger partial charge in [-0.05, 0) is 32.6 Å². The van der Waals surface area contributed by atoms with Gasteiger partial charge in [0, 0.05) is 0 Å². The van der Waals surface area contributed by atoms with Crippen LogP contribution in [0.4, 0.5) is 0 Å². The van der Waals surface area contributed by atoms with Crippen molar-refractivity contribution in [1.82, 2.24) is 0 Å². The second-order valence-electron chi connectivity index (χ2n) is 3.74. The monoisotopic (exact) mass is 179 g/mol.